The zero-order valence-corrected chi connectivity index (χ0v) is 13.0. The third-order valence-electron chi connectivity index (χ3n) is 3.29. The number of hydrogen-bond acceptors (Lipinski definition) is 5. The van der Waals surface area contributed by atoms with Crippen molar-refractivity contribution in [3.63, 3.8) is 0 Å². The smallest absolute Gasteiger partial charge is 0.224 e. The molecule has 4 nitrogen and oxygen atoms in total. The molecule has 1 aliphatic rings. The highest BCUT2D eigenvalue weighted by Crippen LogP contribution is 2.25. The molecule has 106 valence electrons. The maximum Gasteiger partial charge on any atom is 0.224 e. The van der Waals surface area contributed by atoms with Gasteiger partial charge in [0.2, 0.25) is 5.95 Å². The van der Waals surface area contributed by atoms with Crippen LogP contribution in [0.5, 0.6) is 0 Å². The summed E-state index contributed by atoms with van der Waals surface area (Å²) in [6.45, 7) is 9.57. The standard InChI is InChI=1S/C14H24N4S/c1-4-6-15-14-16-11(3)9-13(17-14)18-7-8-19-12(5-2)10-18/h9,12H,4-8,10H2,1-3H3,(H,15,16,17). The van der Waals surface area contributed by atoms with Gasteiger partial charge < -0.3 is 10.2 Å². The molecule has 0 spiro atoms. The van der Waals surface area contributed by atoms with Gasteiger partial charge in [-0.3, -0.25) is 0 Å². The van der Waals surface area contributed by atoms with Crippen LogP contribution >= 0.6 is 11.8 Å². The average molecular weight is 280 g/mol. The van der Waals surface area contributed by atoms with Crippen LogP contribution in [0, 0.1) is 6.92 Å². The van der Waals surface area contributed by atoms with Crippen LogP contribution < -0.4 is 10.2 Å². The number of aromatic nitrogens is 2. The van der Waals surface area contributed by atoms with E-state index in [4.69, 9.17) is 0 Å². The van der Waals surface area contributed by atoms with Gasteiger partial charge in [-0.1, -0.05) is 13.8 Å². The van der Waals surface area contributed by atoms with E-state index in [1.54, 1.807) is 0 Å². The summed E-state index contributed by atoms with van der Waals surface area (Å²) in [4.78, 5) is 11.5. The Labute approximate surface area is 120 Å². The van der Waals surface area contributed by atoms with Crippen LogP contribution in [0.15, 0.2) is 6.07 Å². The van der Waals surface area contributed by atoms with Crippen LogP contribution in [0.3, 0.4) is 0 Å². The first-order valence-corrected chi connectivity index (χ1v) is 8.24. The van der Waals surface area contributed by atoms with Crippen LogP contribution in [0.4, 0.5) is 11.8 Å². The normalized spacial score (nSPS) is 19.5. The van der Waals surface area contributed by atoms with Crippen molar-refractivity contribution in [3.8, 4) is 0 Å². The molecule has 0 saturated carbocycles. The number of hydrogen-bond donors (Lipinski definition) is 1. The molecule has 0 aliphatic carbocycles. The van der Waals surface area contributed by atoms with Gasteiger partial charge in [-0.25, -0.2) is 4.98 Å². The summed E-state index contributed by atoms with van der Waals surface area (Å²) in [5.74, 6) is 3.03. The van der Waals surface area contributed by atoms with Gasteiger partial charge in [0.05, 0.1) is 0 Å². The monoisotopic (exact) mass is 280 g/mol. The summed E-state index contributed by atoms with van der Waals surface area (Å²) < 4.78 is 0. The van der Waals surface area contributed by atoms with E-state index in [0.29, 0.717) is 0 Å². The Balaban J connectivity index is 2.11. The predicted octanol–water partition coefficient (Wildman–Crippen LogP) is 2.94. The van der Waals surface area contributed by atoms with Gasteiger partial charge in [0.25, 0.3) is 0 Å². The number of thioether (sulfide) groups is 1. The molecule has 1 saturated heterocycles. The molecule has 1 fully saturated rings. The van der Waals surface area contributed by atoms with Crippen LogP contribution in [-0.4, -0.2) is 40.6 Å². The van der Waals surface area contributed by atoms with Crippen LogP contribution in [0.2, 0.25) is 0 Å². The highest BCUT2D eigenvalue weighted by atomic mass is 32.2. The minimum Gasteiger partial charge on any atom is -0.355 e. The minimum atomic E-state index is 0.732. The largest absolute Gasteiger partial charge is 0.355 e. The molecule has 0 aromatic carbocycles. The fourth-order valence-electron chi connectivity index (χ4n) is 2.20. The molecule has 0 amide bonds. The number of rotatable bonds is 5. The van der Waals surface area contributed by atoms with Crippen molar-refractivity contribution in [3.05, 3.63) is 11.8 Å². The molecule has 1 atom stereocenters. The lowest BCUT2D eigenvalue weighted by Gasteiger charge is -2.33. The molecule has 19 heavy (non-hydrogen) atoms. The van der Waals surface area contributed by atoms with Gasteiger partial charge in [0.1, 0.15) is 5.82 Å². The van der Waals surface area contributed by atoms with Gasteiger partial charge >= 0.3 is 0 Å². The maximum atomic E-state index is 4.66. The summed E-state index contributed by atoms with van der Waals surface area (Å²) in [5.41, 5.74) is 1.04. The van der Waals surface area contributed by atoms with E-state index in [1.807, 2.05) is 6.92 Å². The van der Waals surface area contributed by atoms with Crippen molar-refractivity contribution in [1.29, 1.82) is 0 Å². The first-order chi connectivity index (χ1) is 9.22. The lowest BCUT2D eigenvalue weighted by Crippen LogP contribution is -2.38. The van der Waals surface area contributed by atoms with Gasteiger partial charge in [-0.15, -0.1) is 0 Å². The van der Waals surface area contributed by atoms with Crippen molar-refractivity contribution < 1.29 is 0 Å². The van der Waals surface area contributed by atoms with E-state index < -0.39 is 0 Å². The van der Waals surface area contributed by atoms with Gasteiger partial charge in [0, 0.05) is 42.4 Å². The highest BCUT2D eigenvalue weighted by molar-refractivity contribution is 8.00. The van der Waals surface area contributed by atoms with Crippen molar-refractivity contribution in [2.45, 2.75) is 38.9 Å². The first kappa shape index (κ1) is 14.4. The molecular weight excluding hydrogens is 256 g/mol. The van der Waals surface area contributed by atoms with Crippen LogP contribution in [-0.2, 0) is 0 Å². The molecule has 0 bridgehead atoms. The van der Waals surface area contributed by atoms with E-state index in [2.05, 4.69) is 51.9 Å². The van der Waals surface area contributed by atoms with Crippen molar-refractivity contribution in [1.82, 2.24) is 9.97 Å². The van der Waals surface area contributed by atoms with Gasteiger partial charge in [-0.05, 0) is 19.8 Å². The van der Waals surface area contributed by atoms with E-state index in [0.717, 1.165) is 48.8 Å². The molecule has 1 aromatic heterocycles. The maximum absolute atomic E-state index is 4.66. The van der Waals surface area contributed by atoms with Crippen molar-refractivity contribution >= 4 is 23.5 Å². The lowest BCUT2D eigenvalue weighted by atomic mass is 10.3. The number of nitrogens with one attached hydrogen (secondary N) is 1. The highest BCUT2D eigenvalue weighted by Gasteiger charge is 2.20. The molecule has 1 aliphatic heterocycles. The quantitative estimate of drug-likeness (QED) is 0.898. The molecule has 1 aromatic rings. The Morgan fingerprint density at radius 2 is 2.26 bits per heavy atom. The third-order valence-corrected chi connectivity index (χ3v) is 4.66. The molecule has 2 heterocycles. The molecule has 0 radical (unpaired) electrons. The summed E-state index contributed by atoms with van der Waals surface area (Å²) in [6.07, 6.45) is 2.32. The van der Waals surface area contributed by atoms with E-state index in [1.165, 1.54) is 12.2 Å². The first-order valence-electron chi connectivity index (χ1n) is 7.19. The van der Waals surface area contributed by atoms with Crippen molar-refractivity contribution in [2.24, 2.45) is 0 Å². The fourth-order valence-corrected chi connectivity index (χ4v) is 3.38. The summed E-state index contributed by atoms with van der Waals surface area (Å²) >= 11 is 2.08. The van der Waals surface area contributed by atoms with E-state index in [9.17, 15) is 0 Å². The minimum absolute atomic E-state index is 0.732. The van der Waals surface area contributed by atoms with Gasteiger partial charge in [-0.2, -0.15) is 16.7 Å². The second-order valence-corrected chi connectivity index (χ2v) is 6.37. The Kier molecular flexibility index (Phi) is 5.31. The average Bonchev–Trinajstić information content (AvgIpc) is 2.44. The van der Waals surface area contributed by atoms with Gasteiger partial charge in [0.15, 0.2) is 0 Å². The number of aryl methyl sites for hydroxylation is 1. The molecule has 5 heteroatoms. The second kappa shape index (κ2) is 6.98. The number of anilines is 2. The predicted molar refractivity (Wildman–Crippen MR) is 84.3 cm³/mol. The van der Waals surface area contributed by atoms with E-state index >= 15 is 0 Å². The molecule has 1 unspecified atom stereocenters. The summed E-state index contributed by atoms with van der Waals surface area (Å²) in [5, 5.41) is 4.02. The Bertz CT molecular complexity index is 410. The Morgan fingerprint density at radius 3 is 3.00 bits per heavy atom. The zero-order valence-electron chi connectivity index (χ0n) is 12.1. The topological polar surface area (TPSA) is 41.1 Å². The van der Waals surface area contributed by atoms with Crippen molar-refractivity contribution in [2.75, 3.05) is 35.6 Å². The number of nitrogens with zero attached hydrogens (tertiary/aromatic N) is 3. The lowest BCUT2D eigenvalue weighted by molar-refractivity contribution is 0.718. The second-order valence-electron chi connectivity index (χ2n) is 4.96. The fraction of sp³-hybridized carbons (Fsp3) is 0.714. The summed E-state index contributed by atoms with van der Waals surface area (Å²) in [7, 11) is 0. The Hall–Kier alpha value is -0.970. The Morgan fingerprint density at radius 1 is 1.42 bits per heavy atom. The van der Waals surface area contributed by atoms with Crippen LogP contribution in [0.1, 0.15) is 32.4 Å². The molecular formula is C14H24N4S. The summed E-state index contributed by atoms with van der Waals surface area (Å²) in [6, 6.07) is 2.10. The molecule has 1 N–H and O–H groups in total. The zero-order chi connectivity index (χ0) is 13.7. The van der Waals surface area contributed by atoms with Crippen LogP contribution in [0.25, 0.3) is 0 Å². The van der Waals surface area contributed by atoms with E-state index in [-0.39, 0.29) is 0 Å². The SMILES string of the molecule is CCCNc1nc(C)cc(N2CCSC(CC)C2)n1. The third kappa shape index (κ3) is 4.00. The molecule has 2 rings (SSSR count).